The molecule has 146 valence electrons. The molecule has 1 aromatic carbocycles. The fourth-order valence-electron chi connectivity index (χ4n) is 2.55. The van der Waals surface area contributed by atoms with Gasteiger partial charge in [0.15, 0.2) is 11.5 Å². The standard InChI is InChI=1S/C20H16F4N2O2/c1-3-13(14-6-7-18-19(8-14)28-20(23,24)27-18)5-4-12(2)26-9-15-16(21)10-25-11-17(15)22/h3-8,10-11,26H,2,9H2,1H3/b5-4-,13-3+. The molecule has 0 saturated heterocycles. The maximum absolute atomic E-state index is 13.6. The summed E-state index contributed by atoms with van der Waals surface area (Å²) in [7, 11) is 0. The van der Waals surface area contributed by atoms with Crippen LogP contribution in [0.4, 0.5) is 17.6 Å². The molecular weight excluding hydrogens is 376 g/mol. The Kier molecular flexibility index (Phi) is 5.39. The Hall–Kier alpha value is -3.29. The molecule has 2 heterocycles. The van der Waals surface area contributed by atoms with Crippen LogP contribution in [-0.4, -0.2) is 11.3 Å². The van der Waals surface area contributed by atoms with Crippen molar-refractivity contribution in [1.82, 2.24) is 10.3 Å². The summed E-state index contributed by atoms with van der Waals surface area (Å²) in [5.74, 6) is -1.61. The van der Waals surface area contributed by atoms with E-state index in [0.29, 0.717) is 16.8 Å². The van der Waals surface area contributed by atoms with E-state index in [4.69, 9.17) is 0 Å². The van der Waals surface area contributed by atoms with Gasteiger partial charge >= 0.3 is 6.29 Å². The fraction of sp³-hybridized carbons (Fsp3) is 0.150. The number of alkyl halides is 2. The lowest BCUT2D eigenvalue weighted by Crippen LogP contribution is -2.25. The average Bonchev–Trinajstić information content (AvgIpc) is 2.95. The van der Waals surface area contributed by atoms with E-state index in [0.717, 1.165) is 12.4 Å². The summed E-state index contributed by atoms with van der Waals surface area (Å²) < 4.78 is 62.3. The van der Waals surface area contributed by atoms with Crippen LogP contribution >= 0.6 is 0 Å². The SMILES string of the molecule is C=C(/C=C\C(=C/C)c1ccc2c(c1)OC(F)(F)O2)NCc1c(F)cncc1F. The van der Waals surface area contributed by atoms with Crippen LogP contribution in [0.2, 0.25) is 0 Å². The number of ether oxygens (including phenoxy) is 2. The quantitative estimate of drug-likeness (QED) is 0.558. The summed E-state index contributed by atoms with van der Waals surface area (Å²) in [6.07, 6.45) is 3.24. The minimum Gasteiger partial charge on any atom is -0.395 e. The van der Waals surface area contributed by atoms with Crippen LogP contribution in [-0.2, 0) is 6.54 Å². The molecule has 4 nitrogen and oxygen atoms in total. The summed E-state index contributed by atoms with van der Waals surface area (Å²) in [4.78, 5) is 3.42. The number of benzene rings is 1. The van der Waals surface area contributed by atoms with Crippen molar-refractivity contribution < 1.29 is 27.0 Å². The molecule has 1 N–H and O–H groups in total. The average molecular weight is 392 g/mol. The lowest BCUT2D eigenvalue weighted by Gasteiger charge is -2.08. The highest BCUT2D eigenvalue weighted by molar-refractivity contribution is 5.76. The van der Waals surface area contributed by atoms with E-state index in [-0.39, 0.29) is 23.6 Å². The van der Waals surface area contributed by atoms with Crippen molar-refractivity contribution in [2.45, 2.75) is 19.8 Å². The Labute approximate surface area is 158 Å². The van der Waals surface area contributed by atoms with Crippen LogP contribution < -0.4 is 14.8 Å². The van der Waals surface area contributed by atoms with Crippen molar-refractivity contribution in [2.24, 2.45) is 0 Å². The van der Waals surface area contributed by atoms with E-state index in [1.54, 1.807) is 31.2 Å². The predicted octanol–water partition coefficient (Wildman–Crippen LogP) is 4.94. The van der Waals surface area contributed by atoms with E-state index >= 15 is 0 Å². The Morgan fingerprint density at radius 1 is 1.14 bits per heavy atom. The minimum atomic E-state index is -3.68. The van der Waals surface area contributed by atoms with Gasteiger partial charge in [-0.15, -0.1) is 8.78 Å². The zero-order valence-corrected chi connectivity index (χ0v) is 14.8. The molecule has 1 aromatic heterocycles. The Bertz CT molecular complexity index is 950. The number of fused-ring (bicyclic) bond motifs is 1. The highest BCUT2D eigenvalue weighted by atomic mass is 19.3. The first-order valence-corrected chi connectivity index (χ1v) is 8.24. The van der Waals surface area contributed by atoms with Gasteiger partial charge in [-0.1, -0.05) is 24.8 Å². The van der Waals surface area contributed by atoms with E-state index < -0.39 is 17.9 Å². The number of nitrogens with one attached hydrogen (secondary N) is 1. The molecule has 0 saturated carbocycles. The van der Waals surface area contributed by atoms with Gasteiger partial charge in [-0.3, -0.25) is 4.98 Å². The number of halogens is 4. The lowest BCUT2D eigenvalue weighted by molar-refractivity contribution is -0.286. The first-order valence-electron chi connectivity index (χ1n) is 8.24. The summed E-state index contributed by atoms with van der Waals surface area (Å²) >= 11 is 0. The fourth-order valence-corrected chi connectivity index (χ4v) is 2.55. The van der Waals surface area contributed by atoms with Gasteiger partial charge in [-0.05, 0) is 36.3 Å². The number of hydrogen-bond acceptors (Lipinski definition) is 4. The third-order valence-corrected chi connectivity index (χ3v) is 3.95. The molecule has 0 atom stereocenters. The predicted molar refractivity (Wildman–Crippen MR) is 95.6 cm³/mol. The molecule has 0 radical (unpaired) electrons. The van der Waals surface area contributed by atoms with E-state index in [1.807, 2.05) is 0 Å². The van der Waals surface area contributed by atoms with E-state index in [9.17, 15) is 17.6 Å². The molecule has 1 aliphatic heterocycles. The smallest absolute Gasteiger partial charge is 0.395 e. The number of pyridine rings is 1. The molecule has 1 aliphatic rings. The van der Waals surface area contributed by atoms with Gasteiger partial charge in [0, 0.05) is 17.8 Å². The molecule has 8 heteroatoms. The number of allylic oxidation sites excluding steroid dienone is 4. The zero-order chi connectivity index (χ0) is 20.3. The maximum atomic E-state index is 13.6. The van der Waals surface area contributed by atoms with E-state index in [2.05, 4.69) is 26.4 Å². The lowest BCUT2D eigenvalue weighted by atomic mass is 10.0. The second-order valence-electron chi connectivity index (χ2n) is 5.87. The summed E-state index contributed by atoms with van der Waals surface area (Å²) in [6.45, 7) is 5.45. The molecule has 0 bridgehead atoms. The number of nitrogens with zero attached hydrogens (tertiary/aromatic N) is 1. The van der Waals surface area contributed by atoms with Crippen molar-refractivity contribution >= 4 is 5.57 Å². The summed E-state index contributed by atoms with van der Waals surface area (Å²) in [5, 5.41) is 2.80. The third kappa shape index (κ3) is 4.33. The zero-order valence-electron chi connectivity index (χ0n) is 14.8. The van der Waals surface area contributed by atoms with Crippen molar-refractivity contribution in [3.63, 3.8) is 0 Å². The van der Waals surface area contributed by atoms with Crippen molar-refractivity contribution in [2.75, 3.05) is 0 Å². The van der Waals surface area contributed by atoms with Crippen molar-refractivity contribution in [3.05, 3.63) is 83.9 Å². The van der Waals surface area contributed by atoms with Gasteiger partial charge in [0.2, 0.25) is 0 Å². The van der Waals surface area contributed by atoms with Gasteiger partial charge in [0.25, 0.3) is 0 Å². The topological polar surface area (TPSA) is 43.4 Å². The van der Waals surface area contributed by atoms with Crippen molar-refractivity contribution in [1.29, 1.82) is 0 Å². The normalized spacial score (nSPS) is 15.1. The molecule has 0 unspecified atom stereocenters. The molecule has 0 fully saturated rings. The van der Waals surface area contributed by atoms with Gasteiger partial charge in [-0.25, -0.2) is 8.78 Å². The Morgan fingerprint density at radius 2 is 1.82 bits per heavy atom. The molecule has 0 spiro atoms. The van der Waals surface area contributed by atoms with E-state index in [1.165, 1.54) is 12.1 Å². The third-order valence-electron chi connectivity index (χ3n) is 3.95. The van der Waals surface area contributed by atoms with Crippen LogP contribution in [0.1, 0.15) is 18.1 Å². The molecule has 28 heavy (non-hydrogen) atoms. The molecule has 2 aromatic rings. The van der Waals surface area contributed by atoms with Crippen LogP contribution in [0.25, 0.3) is 5.57 Å². The van der Waals surface area contributed by atoms with Crippen molar-refractivity contribution in [3.8, 4) is 11.5 Å². The minimum absolute atomic E-state index is 0.0411. The first kappa shape index (κ1) is 19.5. The van der Waals surface area contributed by atoms with Crippen LogP contribution in [0.5, 0.6) is 11.5 Å². The number of hydrogen-bond donors (Lipinski definition) is 1. The van der Waals surface area contributed by atoms with Crippen LogP contribution in [0.15, 0.2) is 61.1 Å². The first-order chi connectivity index (χ1) is 13.3. The largest absolute Gasteiger partial charge is 0.586 e. The number of rotatable bonds is 6. The Balaban J connectivity index is 1.67. The molecule has 0 amide bonds. The molecule has 3 rings (SSSR count). The summed E-state index contributed by atoms with van der Waals surface area (Å²) in [5.41, 5.74) is 1.58. The maximum Gasteiger partial charge on any atom is 0.586 e. The second-order valence-corrected chi connectivity index (χ2v) is 5.87. The van der Waals surface area contributed by atoms with Gasteiger partial charge < -0.3 is 14.8 Å². The monoisotopic (exact) mass is 392 g/mol. The van der Waals surface area contributed by atoms with Gasteiger partial charge in [-0.2, -0.15) is 0 Å². The molecular formula is C20H16F4N2O2. The van der Waals surface area contributed by atoms with Gasteiger partial charge in [0.05, 0.1) is 12.4 Å². The highest BCUT2D eigenvalue weighted by Crippen LogP contribution is 2.42. The Morgan fingerprint density at radius 3 is 2.50 bits per heavy atom. The molecule has 0 aliphatic carbocycles. The summed E-state index contributed by atoms with van der Waals surface area (Å²) in [6, 6.07) is 4.44. The van der Waals surface area contributed by atoms with Crippen LogP contribution in [0.3, 0.4) is 0 Å². The second kappa shape index (κ2) is 7.75. The van der Waals surface area contributed by atoms with Gasteiger partial charge in [0.1, 0.15) is 11.6 Å². The number of aromatic nitrogens is 1. The highest BCUT2D eigenvalue weighted by Gasteiger charge is 2.43. The van der Waals surface area contributed by atoms with Crippen LogP contribution in [0, 0.1) is 11.6 Å².